The molecule has 0 saturated heterocycles. The molecule has 1 aliphatic rings. The van der Waals surface area contributed by atoms with Crippen LogP contribution in [-0.2, 0) is 6.42 Å². The summed E-state index contributed by atoms with van der Waals surface area (Å²) in [6.45, 7) is 6.37. The van der Waals surface area contributed by atoms with Gasteiger partial charge in [0.25, 0.3) is 0 Å². The molecule has 0 fully saturated rings. The number of aromatic carboxylic acids is 1. The lowest BCUT2D eigenvalue weighted by atomic mass is 9.82. The SMILES string of the molecule is Cc1cc(C)c(C2=CCCc3ccc(C(=O)O)cc32)c(C)c1. The number of benzene rings is 2. The number of hydrogen-bond acceptors (Lipinski definition) is 1. The molecule has 0 amide bonds. The smallest absolute Gasteiger partial charge is 0.335 e. The van der Waals surface area contributed by atoms with Crippen LogP contribution in [0.5, 0.6) is 0 Å². The Kier molecular flexibility index (Phi) is 3.61. The standard InChI is InChI=1S/C20H20O2/c1-12-9-13(2)19(14(3)10-12)17-6-4-5-15-7-8-16(20(21)22)11-18(15)17/h6-11H,4-5H2,1-3H3,(H,21,22). The maximum absolute atomic E-state index is 11.3. The van der Waals surface area contributed by atoms with E-state index in [9.17, 15) is 9.90 Å². The average Bonchev–Trinajstić information content (AvgIpc) is 2.45. The molecule has 2 nitrogen and oxygen atoms in total. The molecule has 0 spiro atoms. The monoisotopic (exact) mass is 292 g/mol. The molecule has 0 aromatic heterocycles. The topological polar surface area (TPSA) is 37.3 Å². The fourth-order valence-electron chi connectivity index (χ4n) is 3.50. The van der Waals surface area contributed by atoms with Gasteiger partial charge in [-0.3, -0.25) is 0 Å². The van der Waals surface area contributed by atoms with E-state index in [1.165, 1.54) is 33.4 Å². The van der Waals surface area contributed by atoms with Crippen molar-refractivity contribution < 1.29 is 9.90 Å². The van der Waals surface area contributed by atoms with E-state index in [1.807, 2.05) is 12.1 Å². The molecular weight excluding hydrogens is 272 g/mol. The third kappa shape index (κ3) is 2.45. The predicted molar refractivity (Wildman–Crippen MR) is 89.5 cm³/mol. The predicted octanol–water partition coefficient (Wildman–Crippen LogP) is 4.69. The number of allylic oxidation sites excluding steroid dienone is 1. The summed E-state index contributed by atoms with van der Waals surface area (Å²) in [6.07, 6.45) is 4.23. The van der Waals surface area contributed by atoms with E-state index in [1.54, 1.807) is 6.07 Å². The van der Waals surface area contributed by atoms with Gasteiger partial charge in [0.2, 0.25) is 0 Å². The van der Waals surface area contributed by atoms with Crippen LogP contribution in [0.4, 0.5) is 0 Å². The first-order chi connectivity index (χ1) is 10.5. The summed E-state index contributed by atoms with van der Waals surface area (Å²) in [5.41, 5.74) is 8.84. The zero-order chi connectivity index (χ0) is 15.9. The lowest BCUT2D eigenvalue weighted by Crippen LogP contribution is -2.06. The number of rotatable bonds is 2. The van der Waals surface area contributed by atoms with Crippen molar-refractivity contribution in [1.29, 1.82) is 0 Å². The first-order valence-electron chi connectivity index (χ1n) is 7.62. The van der Waals surface area contributed by atoms with Gasteiger partial charge in [0.05, 0.1) is 5.56 Å². The summed E-state index contributed by atoms with van der Waals surface area (Å²) in [4.78, 5) is 11.3. The van der Waals surface area contributed by atoms with Crippen molar-refractivity contribution in [2.45, 2.75) is 33.6 Å². The number of carboxylic acids is 1. The summed E-state index contributed by atoms with van der Waals surface area (Å²) >= 11 is 0. The summed E-state index contributed by atoms with van der Waals surface area (Å²) in [6, 6.07) is 9.88. The summed E-state index contributed by atoms with van der Waals surface area (Å²) in [7, 11) is 0. The van der Waals surface area contributed by atoms with Crippen LogP contribution in [0.3, 0.4) is 0 Å². The number of aryl methyl sites for hydroxylation is 4. The van der Waals surface area contributed by atoms with Crippen LogP contribution in [0.2, 0.25) is 0 Å². The van der Waals surface area contributed by atoms with Crippen molar-refractivity contribution >= 4 is 11.5 Å². The van der Waals surface area contributed by atoms with E-state index in [2.05, 4.69) is 39.0 Å². The summed E-state index contributed by atoms with van der Waals surface area (Å²) in [5, 5.41) is 9.27. The Morgan fingerprint density at radius 1 is 1.05 bits per heavy atom. The molecule has 0 atom stereocenters. The molecule has 0 heterocycles. The molecule has 2 heteroatoms. The van der Waals surface area contributed by atoms with Gasteiger partial charge in [0.1, 0.15) is 0 Å². The van der Waals surface area contributed by atoms with Crippen LogP contribution >= 0.6 is 0 Å². The van der Waals surface area contributed by atoms with E-state index < -0.39 is 5.97 Å². The van der Waals surface area contributed by atoms with Gasteiger partial charge in [0.15, 0.2) is 0 Å². The second-order valence-electron chi connectivity index (χ2n) is 6.11. The van der Waals surface area contributed by atoms with Gasteiger partial charge in [-0.1, -0.05) is 29.8 Å². The second kappa shape index (κ2) is 5.45. The molecule has 1 aliphatic carbocycles. The van der Waals surface area contributed by atoms with Crippen molar-refractivity contribution in [3.05, 3.63) is 75.4 Å². The van der Waals surface area contributed by atoms with E-state index in [0.29, 0.717) is 5.56 Å². The number of hydrogen-bond donors (Lipinski definition) is 1. The maximum Gasteiger partial charge on any atom is 0.335 e. The Hall–Kier alpha value is -2.35. The Labute approximate surface area is 131 Å². The van der Waals surface area contributed by atoms with E-state index >= 15 is 0 Å². The van der Waals surface area contributed by atoms with Gasteiger partial charge in [0, 0.05) is 0 Å². The number of carbonyl (C=O) groups is 1. The minimum Gasteiger partial charge on any atom is -0.478 e. The normalized spacial score (nSPS) is 13.5. The molecule has 2 aromatic rings. The zero-order valence-electron chi connectivity index (χ0n) is 13.2. The molecule has 2 aromatic carbocycles. The Bertz CT molecular complexity index is 774. The molecule has 0 bridgehead atoms. The fraction of sp³-hybridized carbons (Fsp3) is 0.250. The van der Waals surface area contributed by atoms with E-state index in [4.69, 9.17) is 0 Å². The largest absolute Gasteiger partial charge is 0.478 e. The lowest BCUT2D eigenvalue weighted by molar-refractivity contribution is 0.0697. The van der Waals surface area contributed by atoms with Crippen LogP contribution in [0.1, 0.15) is 50.2 Å². The third-order valence-corrected chi connectivity index (χ3v) is 4.36. The van der Waals surface area contributed by atoms with Gasteiger partial charge in [-0.15, -0.1) is 0 Å². The minimum absolute atomic E-state index is 0.356. The second-order valence-corrected chi connectivity index (χ2v) is 6.11. The van der Waals surface area contributed by atoms with Crippen LogP contribution in [-0.4, -0.2) is 11.1 Å². The molecule has 1 N–H and O–H groups in total. The molecule has 0 unspecified atom stereocenters. The van der Waals surface area contributed by atoms with Crippen molar-refractivity contribution in [1.82, 2.24) is 0 Å². The van der Waals surface area contributed by atoms with Crippen LogP contribution in [0.25, 0.3) is 5.57 Å². The highest BCUT2D eigenvalue weighted by Crippen LogP contribution is 2.36. The number of fused-ring (bicyclic) bond motifs is 1. The van der Waals surface area contributed by atoms with Crippen molar-refractivity contribution in [2.24, 2.45) is 0 Å². The van der Waals surface area contributed by atoms with Crippen molar-refractivity contribution in [3.63, 3.8) is 0 Å². The highest BCUT2D eigenvalue weighted by Gasteiger charge is 2.19. The quantitative estimate of drug-likeness (QED) is 0.872. The third-order valence-electron chi connectivity index (χ3n) is 4.36. The maximum atomic E-state index is 11.3. The van der Waals surface area contributed by atoms with Gasteiger partial charge < -0.3 is 5.11 Å². The average molecular weight is 292 g/mol. The Balaban J connectivity index is 2.21. The minimum atomic E-state index is -0.870. The van der Waals surface area contributed by atoms with E-state index in [0.717, 1.165) is 18.4 Å². The molecule has 0 saturated carbocycles. The molecule has 22 heavy (non-hydrogen) atoms. The molecule has 0 aliphatic heterocycles. The summed E-state index contributed by atoms with van der Waals surface area (Å²) < 4.78 is 0. The molecule has 0 radical (unpaired) electrons. The van der Waals surface area contributed by atoms with Crippen molar-refractivity contribution in [3.8, 4) is 0 Å². The Morgan fingerprint density at radius 3 is 2.36 bits per heavy atom. The summed E-state index contributed by atoms with van der Waals surface area (Å²) in [5.74, 6) is -0.870. The fourth-order valence-corrected chi connectivity index (χ4v) is 3.50. The lowest BCUT2D eigenvalue weighted by Gasteiger charge is -2.22. The highest BCUT2D eigenvalue weighted by atomic mass is 16.4. The first kappa shape index (κ1) is 14.6. The van der Waals surface area contributed by atoms with Gasteiger partial charge in [-0.2, -0.15) is 0 Å². The molecule has 112 valence electrons. The molecule has 3 rings (SSSR count). The van der Waals surface area contributed by atoms with E-state index in [-0.39, 0.29) is 0 Å². The first-order valence-corrected chi connectivity index (χ1v) is 7.62. The van der Waals surface area contributed by atoms with Crippen LogP contribution < -0.4 is 0 Å². The van der Waals surface area contributed by atoms with Crippen molar-refractivity contribution in [2.75, 3.05) is 0 Å². The van der Waals surface area contributed by atoms with Crippen LogP contribution in [0.15, 0.2) is 36.4 Å². The number of carboxylic acid groups (broad SMARTS) is 1. The Morgan fingerprint density at radius 2 is 1.73 bits per heavy atom. The zero-order valence-corrected chi connectivity index (χ0v) is 13.2. The highest BCUT2D eigenvalue weighted by molar-refractivity contribution is 5.92. The molecular formula is C20H20O2. The van der Waals surface area contributed by atoms with Gasteiger partial charge in [-0.05, 0) is 79.1 Å². The van der Waals surface area contributed by atoms with Gasteiger partial charge >= 0.3 is 5.97 Å². The van der Waals surface area contributed by atoms with Crippen LogP contribution in [0, 0.1) is 20.8 Å². The van der Waals surface area contributed by atoms with Gasteiger partial charge in [-0.25, -0.2) is 4.79 Å².